The first kappa shape index (κ1) is 15.0. The topological polar surface area (TPSA) is 70.2 Å². The first-order valence-electron chi connectivity index (χ1n) is 6.76. The lowest BCUT2D eigenvalue weighted by atomic mass is 9.97. The number of rotatable bonds is 6. The van der Waals surface area contributed by atoms with E-state index in [0.29, 0.717) is 12.5 Å². The number of nitrogens with one attached hydrogen (secondary N) is 3. The average Bonchev–Trinajstić information content (AvgIpc) is 2.85. The Morgan fingerprint density at radius 2 is 1.89 bits per heavy atom. The van der Waals surface area contributed by atoms with E-state index < -0.39 is 0 Å². The van der Waals surface area contributed by atoms with Gasteiger partial charge in [0.05, 0.1) is 0 Å². The highest BCUT2D eigenvalue weighted by Gasteiger charge is 2.31. The molecule has 0 bridgehead atoms. The predicted octanol–water partition coefficient (Wildman–Crippen LogP) is 0.405. The van der Waals surface area contributed by atoms with Crippen LogP contribution in [-0.2, 0) is 9.59 Å². The molecule has 18 heavy (non-hydrogen) atoms. The van der Waals surface area contributed by atoms with Crippen molar-refractivity contribution in [3.63, 3.8) is 0 Å². The number of amides is 2. The lowest BCUT2D eigenvalue weighted by molar-refractivity contribution is -0.129. The van der Waals surface area contributed by atoms with Crippen LogP contribution < -0.4 is 16.0 Å². The molecule has 0 aromatic rings. The first-order chi connectivity index (χ1) is 8.54. The van der Waals surface area contributed by atoms with E-state index in [4.69, 9.17) is 0 Å². The Labute approximate surface area is 109 Å². The number of carbonyl (C=O) groups is 2. The Bertz CT molecular complexity index is 288. The summed E-state index contributed by atoms with van der Waals surface area (Å²) < 4.78 is 0. The Morgan fingerprint density at radius 1 is 1.28 bits per heavy atom. The second kappa shape index (κ2) is 7.36. The molecule has 0 aromatic heterocycles. The Balaban J connectivity index is 2.52. The van der Waals surface area contributed by atoms with E-state index in [1.54, 1.807) is 0 Å². The van der Waals surface area contributed by atoms with Gasteiger partial charge in [0.25, 0.3) is 0 Å². The van der Waals surface area contributed by atoms with Crippen LogP contribution in [0.15, 0.2) is 0 Å². The molecule has 0 spiro atoms. The van der Waals surface area contributed by atoms with Crippen LogP contribution in [0.3, 0.4) is 0 Å². The van der Waals surface area contributed by atoms with Gasteiger partial charge in [0.2, 0.25) is 11.8 Å². The van der Waals surface area contributed by atoms with Crippen LogP contribution >= 0.6 is 0 Å². The van der Waals surface area contributed by atoms with E-state index in [1.807, 2.05) is 14.0 Å². The monoisotopic (exact) mass is 255 g/mol. The number of hydrogen-bond donors (Lipinski definition) is 3. The molecule has 0 radical (unpaired) electrons. The third-order valence-corrected chi connectivity index (χ3v) is 3.59. The second-order valence-corrected chi connectivity index (χ2v) is 5.16. The quantitative estimate of drug-likeness (QED) is 0.643. The molecule has 0 saturated heterocycles. The maximum absolute atomic E-state index is 12.1. The summed E-state index contributed by atoms with van der Waals surface area (Å²) in [5.41, 5.74) is 0. The smallest absolute Gasteiger partial charge is 0.242 e. The molecule has 1 fully saturated rings. The number of hydrogen-bond acceptors (Lipinski definition) is 3. The van der Waals surface area contributed by atoms with E-state index in [-0.39, 0.29) is 23.9 Å². The van der Waals surface area contributed by atoms with Gasteiger partial charge in [-0.2, -0.15) is 0 Å². The van der Waals surface area contributed by atoms with Crippen LogP contribution in [0.5, 0.6) is 0 Å². The fourth-order valence-corrected chi connectivity index (χ4v) is 2.37. The molecular weight excluding hydrogens is 230 g/mol. The molecule has 0 aliphatic heterocycles. The molecule has 0 heterocycles. The van der Waals surface area contributed by atoms with Gasteiger partial charge in [-0.05, 0) is 32.7 Å². The molecular formula is C13H25N3O2. The van der Waals surface area contributed by atoms with Gasteiger partial charge in [0.15, 0.2) is 0 Å². The Morgan fingerprint density at radius 3 is 2.39 bits per heavy atom. The fourth-order valence-electron chi connectivity index (χ4n) is 2.37. The summed E-state index contributed by atoms with van der Waals surface area (Å²) in [5.74, 6) is 0.0988. The highest BCUT2D eigenvalue weighted by molar-refractivity contribution is 5.87. The minimum atomic E-state index is -0.367. The molecule has 0 aromatic carbocycles. The van der Waals surface area contributed by atoms with E-state index in [0.717, 1.165) is 25.7 Å². The van der Waals surface area contributed by atoms with Crippen LogP contribution in [-0.4, -0.2) is 37.5 Å². The number of likely N-dealkylation sites (N-methyl/N-ethyl adjacent to an activating group) is 1. The maximum Gasteiger partial charge on any atom is 0.242 e. The molecule has 2 amide bonds. The summed E-state index contributed by atoms with van der Waals surface area (Å²) in [5, 5.41) is 8.76. The van der Waals surface area contributed by atoms with Crippen molar-refractivity contribution in [3.8, 4) is 0 Å². The molecule has 3 N–H and O–H groups in total. The van der Waals surface area contributed by atoms with E-state index in [2.05, 4.69) is 16.0 Å². The normalized spacial score (nSPS) is 19.3. The van der Waals surface area contributed by atoms with Crippen LogP contribution in [0.2, 0.25) is 0 Å². The summed E-state index contributed by atoms with van der Waals surface area (Å²) in [6, 6.07) is -0.135. The van der Waals surface area contributed by atoms with Crippen molar-refractivity contribution in [1.29, 1.82) is 0 Å². The lowest BCUT2D eigenvalue weighted by Crippen LogP contribution is -2.51. The predicted molar refractivity (Wildman–Crippen MR) is 71.1 cm³/mol. The Hall–Kier alpha value is -1.10. The van der Waals surface area contributed by atoms with Gasteiger partial charge in [-0.1, -0.05) is 12.8 Å². The highest BCUT2D eigenvalue weighted by atomic mass is 16.2. The molecule has 1 aliphatic carbocycles. The van der Waals surface area contributed by atoms with E-state index >= 15 is 0 Å². The van der Waals surface area contributed by atoms with Crippen molar-refractivity contribution in [2.75, 3.05) is 13.6 Å². The summed E-state index contributed by atoms with van der Waals surface area (Å²) in [4.78, 5) is 23.3. The molecule has 5 nitrogen and oxygen atoms in total. The minimum Gasteiger partial charge on any atom is -0.353 e. The molecule has 2 atom stereocenters. The molecule has 2 unspecified atom stereocenters. The van der Waals surface area contributed by atoms with Crippen molar-refractivity contribution in [1.82, 2.24) is 16.0 Å². The van der Waals surface area contributed by atoms with Crippen molar-refractivity contribution < 1.29 is 9.59 Å². The fraction of sp³-hybridized carbons (Fsp3) is 0.846. The van der Waals surface area contributed by atoms with Crippen molar-refractivity contribution in [2.24, 2.45) is 5.92 Å². The van der Waals surface area contributed by atoms with Gasteiger partial charge >= 0.3 is 0 Å². The van der Waals surface area contributed by atoms with Gasteiger partial charge in [-0.25, -0.2) is 0 Å². The Kier molecular flexibility index (Phi) is 6.12. The zero-order valence-electron chi connectivity index (χ0n) is 11.6. The first-order valence-corrected chi connectivity index (χ1v) is 6.76. The second-order valence-electron chi connectivity index (χ2n) is 5.16. The molecule has 1 rings (SSSR count). The summed E-state index contributed by atoms with van der Waals surface area (Å²) in [6.07, 6.45) is 4.36. The summed E-state index contributed by atoms with van der Waals surface area (Å²) >= 11 is 0. The van der Waals surface area contributed by atoms with Crippen molar-refractivity contribution in [3.05, 3.63) is 0 Å². The van der Waals surface area contributed by atoms with Gasteiger partial charge in [0.1, 0.15) is 6.04 Å². The summed E-state index contributed by atoms with van der Waals surface area (Å²) in [6.45, 7) is 4.05. The van der Waals surface area contributed by atoms with E-state index in [9.17, 15) is 9.59 Å². The van der Waals surface area contributed by atoms with Crippen molar-refractivity contribution >= 4 is 11.8 Å². The zero-order chi connectivity index (χ0) is 13.5. The van der Waals surface area contributed by atoms with Gasteiger partial charge < -0.3 is 16.0 Å². The third-order valence-electron chi connectivity index (χ3n) is 3.59. The van der Waals surface area contributed by atoms with E-state index in [1.165, 1.54) is 6.92 Å². The molecule has 1 saturated carbocycles. The number of carbonyl (C=O) groups excluding carboxylic acids is 2. The standard InChI is InChI=1S/C13H25N3O2/c1-9(14-3)8-15-13(18)12(16-10(2)17)11-6-4-5-7-11/h9,11-12,14H,4-8H2,1-3H3,(H,15,18)(H,16,17). The molecule has 104 valence electrons. The maximum atomic E-state index is 12.1. The lowest BCUT2D eigenvalue weighted by Gasteiger charge is -2.24. The van der Waals surface area contributed by atoms with Crippen LogP contribution in [0, 0.1) is 5.92 Å². The molecule has 5 heteroatoms. The van der Waals surface area contributed by atoms with Crippen LogP contribution in [0.25, 0.3) is 0 Å². The van der Waals surface area contributed by atoms with Crippen LogP contribution in [0.1, 0.15) is 39.5 Å². The summed E-state index contributed by atoms with van der Waals surface area (Å²) in [7, 11) is 1.86. The zero-order valence-corrected chi connectivity index (χ0v) is 11.6. The largest absolute Gasteiger partial charge is 0.353 e. The minimum absolute atomic E-state index is 0.0563. The van der Waals surface area contributed by atoms with Gasteiger partial charge in [-0.3, -0.25) is 9.59 Å². The molecule has 1 aliphatic rings. The van der Waals surface area contributed by atoms with Gasteiger partial charge in [-0.15, -0.1) is 0 Å². The third kappa shape index (κ3) is 4.64. The van der Waals surface area contributed by atoms with Crippen molar-refractivity contribution in [2.45, 2.75) is 51.6 Å². The SMILES string of the molecule is CNC(C)CNC(=O)C(NC(C)=O)C1CCCC1. The van der Waals surface area contributed by atoms with Crippen LogP contribution in [0.4, 0.5) is 0 Å². The highest BCUT2D eigenvalue weighted by Crippen LogP contribution is 2.27. The van der Waals surface area contributed by atoms with Gasteiger partial charge in [0, 0.05) is 19.5 Å². The average molecular weight is 255 g/mol.